The molecule has 0 spiro atoms. The van der Waals surface area contributed by atoms with Crippen LogP contribution in [0.2, 0.25) is 0 Å². The number of nitrogens with one attached hydrogen (secondary N) is 1. The lowest BCUT2D eigenvalue weighted by Gasteiger charge is -2.27. The second-order valence-corrected chi connectivity index (χ2v) is 10.3. The Hall–Kier alpha value is -2.57. The predicted molar refractivity (Wildman–Crippen MR) is 130 cm³/mol. The minimum absolute atomic E-state index is 0.226. The molecule has 3 aromatic carbocycles. The number of fused-ring (bicyclic) bond motifs is 1. The first-order valence-corrected chi connectivity index (χ1v) is 12.4. The van der Waals surface area contributed by atoms with Crippen LogP contribution >= 0.6 is 0 Å². The van der Waals surface area contributed by atoms with Crippen LogP contribution in [0.4, 0.5) is 11.4 Å². The van der Waals surface area contributed by atoms with Gasteiger partial charge in [-0.25, -0.2) is 8.42 Å². The van der Waals surface area contributed by atoms with Gasteiger partial charge in [-0.1, -0.05) is 56.3 Å². The van der Waals surface area contributed by atoms with Crippen molar-refractivity contribution in [1.82, 2.24) is 5.32 Å². The number of anilines is 2. The van der Waals surface area contributed by atoms with Gasteiger partial charge in [-0.2, -0.15) is 0 Å². The molecule has 0 aliphatic carbocycles. The number of para-hydroxylation sites is 1. The normalized spacial score (nSPS) is 15.3. The Kier molecular flexibility index (Phi) is 6.21. The molecule has 0 radical (unpaired) electrons. The van der Waals surface area contributed by atoms with Gasteiger partial charge in [0.1, 0.15) is 0 Å². The summed E-state index contributed by atoms with van der Waals surface area (Å²) in [5.41, 5.74) is 2.85. The first-order chi connectivity index (χ1) is 14.9. The smallest absolute Gasteiger partial charge is 0.264 e. The van der Waals surface area contributed by atoms with E-state index in [1.807, 2.05) is 54.6 Å². The van der Waals surface area contributed by atoms with Crippen LogP contribution in [-0.2, 0) is 10.0 Å². The topological polar surface area (TPSA) is 52.7 Å². The quantitative estimate of drug-likeness (QED) is 0.634. The highest BCUT2D eigenvalue weighted by Crippen LogP contribution is 2.36. The molecule has 1 aliphatic heterocycles. The van der Waals surface area contributed by atoms with Crippen molar-refractivity contribution in [2.24, 2.45) is 0 Å². The zero-order chi connectivity index (χ0) is 22.0. The van der Waals surface area contributed by atoms with E-state index in [9.17, 15) is 8.42 Å². The first-order valence-electron chi connectivity index (χ1n) is 11.0. The predicted octanol–water partition coefficient (Wildman–Crippen LogP) is 4.59. The van der Waals surface area contributed by atoms with E-state index in [0.29, 0.717) is 4.90 Å². The van der Waals surface area contributed by atoms with Gasteiger partial charge in [-0.05, 0) is 42.6 Å². The lowest BCUT2D eigenvalue weighted by molar-refractivity contribution is 0.595. The van der Waals surface area contributed by atoms with Gasteiger partial charge in [0.15, 0.2) is 0 Å². The minimum atomic E-state index is -3.73. The molecule has 0 bridgehead atoms. The summed E-state index contributed by atoms with van der Waals surface area (Å²) in [7, 11) is -2.07. The molecule has 0 saturated carbocycles. The van der Waals surface area contributed by atoms with Crippen LogP contribution in [0.3, 0.4) is 0 Å². The molecule has 1 N–H and O–H groups in total. The molecule has 5 nitrogen and oxygen atoms in total. The standard InChI is InChI=1S/C25H31N3O2S/c1-19(2)20-9-6-7-12-23(20)27(3)31(29,30)25-14-13-24(21-10-4-5-11-22(21)25)28-17-8-15-26-16-18-28/h4-7,9-14,19,26H,8,15-18H2,1-3H3. The van der Waals surface area contributed by atoms with Crippen molar-refractivity contribution in [3.05, 3.63) is 66.2 Å². The summed E-state index contributed by atoms with van der Waals surface area (Å²) >= 11 is 0. The fourth-order valence-electron chi connectivity index (χ4n) is 4.38. The third-order valence-corrected chi connectivity index (χ3v) is 7.91. The van der Waals surface area contributed by atoms with E-state index >= 15 is 0 Å². The number of benzene rings is 3. The van der Waals surface area contributed by atoms with E-state index < -0.39 is 10.0 Å². The van der Waals surface area contributed by atoms with Crippen LogP contribution in [0.15, 0.2) is 65.6 Å². The molecular formula is C25H31N3O2S. The monoisotopic (exact) mass is 437 g/mol. The van der Waals surface area contributed by atoms with Crippen LogP contribution in [0.1, 0.15) is 31.7 Å². The molecule has 1 fully saturated rings. The summed E-state index contributed by atoms with van der Waals surface area (Å²) in [5, 5.41) is 5.19. The average Bonchev–Trinajstić information content (AvgIpc) is 3.07. The largest absolute Gasteiger partial charge is 0.370 e. The van der Waals surface area contributed by atoms with Crippen LogP contribution in [0.25, 0.3) is 10.8 Å². The highest BCUT2D eigenvalue weighted by Gasteiger charge is 2.27. The van der Waals surface area contributed by atoms with Gasteiger partial charge in [-0.3, -0.25) is 4.31 Å². The van der Waals surface area contributed by atoms with E-state index in [1.165, 1.54) is 4.31 Å². The Labute approximate surface area is 185 Å². The Morgan fingerprint density at radius 3 is 2.39 bits per heavy atom. The average molecular weight is 438 g/mol. The van der Waals surface area contributed by atoms with Gasteiger partial charge in [0.05, 0.1) is 10.6 Å². The Bertz CT molecular complexity index is 1170. The van der Waals surface area contributed by atoms with Gasteiger partial charge in [0, 0.05) is 43.1 Å². The molecule has 1 saturated heterocycles. The molecule has 0 atom stereocenters. The van der Waals surface area contributed by atoms with Crippen LogP contribution in [-0.4, -0.2) is 41.6 Å². The molecule has 0 unspecified atom stereocenters. The molecule has 0 amide bonds. The molecule has 3 aromatic rings. The van der Waals surface area contributed by atoms with Crippen molar-refractivity contribution >= 4 is 32.2 Å². The Morgan fingerprint density at radius 1 is 0.903 bits per heavy atom. The summed E-state index contributed by atoms with van der Waals surface area (Å²) in [6, 6.07) is 19.3. The molecular weight excluding hydrogens is 406 g/mol. The molecule has 31 heavy (non-hydrogen) atoms. The maximum absolute atomic E-state index is 13.8. The molecule has 6 heteroatoms. The summed E-state index contributed by atoms with van der Waals surface area (Å²) in [5.74, 6) is 0.226. The lowest BCUT2D eigenvalue weighted by Crippen LogP contribution is -2.29. The maximum atomic E-state index is 13.8. The third kappa shape index (κ3) is 4.14. The number of hydrogen-bond acceptors (Lipinski definition) is 4. The Balaban J connectivity index is 1.82. The van der Waals surface area contributed by atoms with Gasteiger partial charge >= 0.3 is 0 Å². The van der Waals surface area contributed by atoms with Crippen LogP contribution in [0.5, 0.6) is 0 Å². The number of sulfonamides is 1. The number of rotatable bonds is 5. The summed E-state index contributed by atoms with van der Waals surface area (Å²) in [6.07, 6.45) is 1.07. The first kappa shape index (κ1) is 21.7. The van der Waals surface area contributed by atoms with Crippen molar-refractivity contribution in [1.29, 1.82) is 0 Å². The van der Waals surface area contributed by atoms with Gasteiger partial charge in [0.2, 0.25) is 0 Å². The number of nitrogens with zero attached hydrogens (tertiary/aromatic N) is 2. The molecule has 0 aromatic heterocycles. The highest BCUT2D eigenvalue weighted by atomic mass is 32.2. The second-order valence-electron chi connectivity index (χ2n) is 8.41. The van der Waals surface area contributed by atoms with Crippen molar-refractivity contribution in [2.75, 3.05) is 42.4 Å². The summed E-state index contributed by atoms with van der Waals surface area (Å²) in [6.45, 7) is 7.99. The number of hydrogen-bond donors (Lipinski definition) is 1. The van der Waals surface area contributed by atoms with E-state index in [0.717, 1.165) is 60.3 Å². The fraction of sp³-hybridized carbons (Fsp3) is 0.360. The minimum Gasteiger partial charge on any atom is -0.370 e. The van der Waals surface area contributed by atoms with E-state index in [1.54, 1.807) is 13.1 Å². The zero-order valence-corrected chi connectivity index (χ0v) is 19.3. The molecule has 1 aliphatic rings. The van der Waals surface area contributed by atoms with Crippen molar-refractivity contribution in [2.45, 2.75) is 31.1 Å². The highest BCUT2D eigenvalue weighted by molar-refractivity contribution is 7.93. The van der Waals surface area contributed by atoms with Crippen LogP contribution < -0.4 is 14.5 Å². The third-order valence-electron chi connectivity index (χ3n) is 6.08. The maximum Gasteiger partial charge on any atom is 0.264 e. The fourth-order valence-corrected chi connectivity index (χ4v) is 5.80. The second kappa shape index (κ2) is 8.89. The van der Waals surface area contributed by atoms with Gasteiger partial charge in [0.25, 0.3) is 10.0 Å². The van der Waals surface area contributed by atoms with Crippen LogP contribution in [0, 0.1) is 0 Å². The lowest BCUT2D eigenvalue weighted by atomic mass is 10.0. The molecule has 164 valence electrons. The van der Waals surface area contributed by atoms with Crippen molar-refractivity contribution in [3.8, 4) is 0 Å². The molecule has 4 rings (SSSR count). The van der Waals surface area contributed by atoms with Crippen molar-refractivity contribution in [3.63, 3.8) is 0 Å². The van der Waals surface area contributed by atoms with E-state index in [2.05, 4.69) is 24.1 Å². The summed E-state index contributed by atoms with van der Waals surface area (Å²) < 4.78 is 29.0. The zero-order valence-electron chi connectivity index (χ0n) is 18.5. The SMILES string of the molecule is CC(C)c1ccccc1N(C)S(=O)(=O)c1ccc(N2CCCNCC2)c2ccccc12. The van der Waals surface area contributed by atoms with Crippen molar-refractivity contribution < 1.29 is 8.42 Å². The molecule has 1 heterocycles. The summed E-state index contributed by atoms with van der Waals surface area (Å²) in [4.78, 5) is 2.71. The van der Waals surface area contributed by atoms with Gasteiger partial charge in [-0.15, -0.1) is 0 Å². The van der Waals surface area contributed by atoms with E-state index in [4.69, 9.17) is 0 Å². The van der Waals surface area contributed by atoms with E-state index in [-0.39, 0.29) is 5.92 Å². The van der Waals surface area contributed by atoms with Gasteiger partial charge < -0.3 is 10.2 Å². The Morgan fingerprint density at radius 2 is 1.61 bits per heavy atom.